The number of alkyl halides is 3. The molecule has 4 rings (SSSR count). The standard InChI is InChI=1S/C22H20F3N3O5S/c23-22(24,25)16-4-7-18(8-5-16)34(31,32)28-13-11-26(12-14-28)21(30)19-9-6-17(33-19)15-27-10-2-1-3-20(27)29/h1-10H,11-15H2. The number of rotatable bonds is 5. The molecule has 34 heavy (non-hydrogen) atoms. The first kappa shape index (κ1) is 23.8. The summed E-state index contributed by atoms with van der Waals surface area (Å²) in [6.07, 6.45) is -2.96. The molecule has 1 fully saturated rings. The largest absolute Gasteiger partial charge is 0.454 e. The summed E-state index contributed by atoms with van der Waals surface area (Å²) in [4.78, 5) is 25.8. The van der Waals surface area contributed by atoms with Crippen molar-refractivity contribution >= 4 is 15.9 Å². The number of nitrogens with zero attached hydrogens (tertiary/aromatic N) is 3. The quantitative estimate of drug-likeness (QED) is 0.543. The molecule has 0 N–H and O–H groups in total. The van der Waals surface area contributed by atoms with Crippen molar-refractivity contribution in [1.82, 2.24) is 13.8 Å². The van der Waals surface area contributed by atoms with Crippen molar-refractivity contribution in [1.29, 1.82) is 0 Å². The van der Waals surface area contributed by atoms with Gasteiger partial charge in [0.2, 0.25) is 10.0 Å². The summed E-state index contributed by atoms with van der Waals surface area (Å²) in [5.41, 5.74) is -1.14. The zero-order chi connectivity index (χ0) is 24.5. The van der Waals surface area contributed by atoms with Gasteiger partial charge in [0, 0.05) is 38.4 Å². The summed E-state index contributed by atoms with van der Waals surface area (Å²) >= 11 is 0. The number of carbonyl (C=O) groups is 1. The molecular weight excluding hydrogens is 475 g/mol. The first-order valence-corrected chi connectivity index (χ1v) is 11.7. The van der Waals surface area contributed by atoms with Crippen molar-refractivity contribution in [3.05, 3.63) is 88.2 Å². The number of pyridine rings is 1. The van der Waals surface area contributed by atoms with Gasteiger partial charge in [-0.15, -0.1) is 0 Å². The molecule has 1 aromatic carbocycles. The van der Waals surface area contributed by atoms with E-state index in [1.54, 1.807) is 24.4 Å². The minimum Gasteiger partial charge on any atom is -0.454 e. The zero-order valence-corrected chi connectivity index (χ0v) is 18.6. The fraction of sp³-hybridized carbons (Fsp3) is 0.273. The molecule has 1 saturated heterocycles. The predicted octanol–water partition coefficient (Wildman–Crippen LogP) is 2.66. The van der Waals surface area contributed by atoms with Crippen LogP contribution < -0.4 is 5.56 Å². The Morgan fingerprint density at radius 3 is 2.24 bits per heavy atom. The van der Waals surface area contributed by atoms with Crippen LogP contribution in [0, 0.1) is 0 Å². The van der Waals surface area contributed by atoms with E-state index in [4.69, 9.17) is 4.42 Å². The third-order valence-electron chi connectivity index (χ3n) is 5.44. The predicted molar refractivity (Wildman–Crippen MR) is 115 cm³/mol. The summed E-state index contributed by atoms with van der Waals surface area (Å²) in [7, 11) is -4.00. The second-order valence-corrected chi connectivity index (χ2v) is 9.59. The molecule has 0 radical (unpaired) electrons. The lowest BCUT2D eigenvalue weighted by atomic mass is 10.2. The highest BCUT2D eigenvalue weighted by Gasteiger charge is 2.33. The SMILES string of the molecule is O=C(c1ccc(Cn2ccccc2=O)o1)N1CCN(S(=O)(=O)c2ccc(C(F)(F)F)cc2)CC1. The average molecular weight is 495 g/mol. The molecule has 0 bridgehead atoms. The Hall–Kier alpha value is -3.38. The first-order chi connectivity index (χ1) is 16.1. The maximum atomic E-state index is 12.8. The van der Waals surface area contributed by atoms with Gasteiger partial charge in [-0.1, -0.05) is 6.07 Å². The van der Waals surface area contributed by atoms with Crippen molar-refractivity contribution in [2.45, 2.75) is 17.6 Å². The lowest BCUT2D eigenvalue weighted by molar-refractivity contribution is -0.137. The second kappa shape index (κ2) is 9.11. The number of benzene rings is 1. The van der Waals surface area contributed by atoms with E-state index < -0.39 is 27.7 Å². The molecule has 0 aliphatic carbocycles. The molecule has 3 heterocycles. The van der Waals surface area contributed by atoms with Crippen LogP contribution in [0.15, 0.2) is 74.9 Å². The molecule has 0 saturated carbocycles. The molecule has 3 aromatic rings. The Morgan fingerprint density at radius 1 is 0.941 bits per heavy atom. The van der Waals surface area contributed by atoms with E-state index in [1.807, 2.05) is 0 Å². The van der Waals surface area contributed by atoms with Crippen molar-refractivity contribution in [3.63, 3.8) is 0 Å². The molecule has 1 aliphatic rings. The van der Waals surface area contributed by atoms with Gasteiger partial charge in [-0.05, 0) is 42.5 Å². The normalized spacial score (nSPS) is 15.4. The highest BCUT2D eigenvalue weighted by Crippen LogP contribution is 2.30. The van der Waals surface area contributed by atoms with E-state index >= 15 is 0 Å². The molecule has 0 unspecified atom stereocenters. The fourth-order valence-corrected chi connectivity index (χ4v) is 5.01. The van der Waals surface area contributed by atoms with E-state index in [1.165, 1.54) is 21.6 Å². The zero-order valence-electron chi connectivity index (χ0n) is 17.7. The van der Waals surface area contributed by atoms with Crippen LogP contribution in [-0.2, 0) is 22.7 Å². The molecule has 8 nitrogen and oxygen atoms in total. The smallest absolute Gasteiger partial charge is 0.416 e. The molecule has 1 aliphatic heterocycles. The number of halogens is 3. The first-order valence-electron chi connectivity index (χ1n) is 10.3. The Morgan fingerprint density at radius 2 is 1.62 bits per heavy atom. The van der Waals surface area contributed by atoms with Gasteiger partial charge in [0.25, 0.3) is 11.5 Å². The minimum atomic E-state index is -4.56. The monoisotopic (exact) mass is 495 g/mol. The van der Waals surface area contributed by atoms with Gasteiger partial charge in [0.05, 0.1) is 17.0 Å². The van der Waals surface area contributed by atoms with Gasteiger partial charge in [0.15, 0.2) is 5.76 Å². The number of hydrogen-bond donors (Lipinski definition) is 0. The Balaban J connectivity index is 1.39. The minimum absolute atomic E-state index is 0.0118. The average Bonchev–Trinajstić information content (AvgIpc) is 3.28. The summed E-state index contributed by atoms with van der Waals surface area (Å²) in [5.74, 6) is 0.0661. The maximum Gasteiger partial charge on any atom is 0.416 e. The molecule has 1 amide bonds. The van der Waals surface area contributed by atoms with E-state index in [0.29, 0.717) is 5.76 Å². The highest BCUT2D eigenvalue weighted by atomic mass is 32.2. The van der Waals surface area contributed by atoms with Crippen LogP contribution in [0.25, 0.3) is 0 Å². The van der Waals surface area contributed by atoms with Crippen LogP contribution in [0.2, 0.25) is 0 Å². The third-order valence-corrected chi connectivity index (χ3v) is 7.36. The lowest BCUT2D eigenvalue weighted by Gasteiger charge is -2.33. The van der Waals surface area contributed by atoms with E-state index in [9.17, 15) is 31.2 Å². The molecule has 0 spiro atoms. The third kappa shape index (κ3) is 4.92. The summed E-state index contributed by atoms with van der Waals surface area (Å²) < 4.78 is 71.9. The number of aromatic nitrogens is 1. The van der Waals surface area contributed by atoms with Gasteiger partial charge < -0.3 is 13.9 Å². The Kier molecular flexibility index (Phi) is 6.36. The number of carbonyl (C=O) groups excluding carboxylic acids is 1. The van der Waals surface area contributed by atoms with Crippen molar-refractivity contribution in [2.24, 2.45) is 0 Å². The van der Waals surface area contributed by atoms with E-state index in [-0.39, 0.29) is 48.9 Å². The molecule has 0 atom stereocenters. The van der Waals surface area contributed by atoms with Crippen LogP contribution in [0.1, 0.15) is 21.9 Å². The van der Waals surface area contributed by atoms with Crippen molar-refractivity contribution in [2.75, 3.05) is 26.2 Å². The maximum absolute atomic E-state index is 12.8. The van der Waals surface area contributed by atoms with Crippen LogP contribution in [-0.4, -0.2) is 54.3 Å². The van der Waals surface area contributed by atoms with Gasteiger partial charge in [-0.2, -0.15) is 17.5 Å². The molecule has 2 aromatic heterocycles. The van der Waals surface area contributed by atoms with Crippen LogP contribution >= 0.6 is 0 Å². The molecular formula is C22H20F3N3O5S. The Labute approximate surface area is 192 Å². The Bertz CT molecular complexity index is 1340. The number of sulfonamides is 1. The van der Waals surface area contributed by atoms with E-state index in [2.05, 4.69) is 0 Å². The number of amides is 1. The molecule has 12 heteroatoms. The number of piperazine rings is 1. The van der Waals surface area contributed by atoms with Gasteiger partial charge in [0.1, 0.15) is 5.76 Å². The highest BCUT2D eigenvalue weighted by molar-refractivity contribution is 7.89. The molecule has 180 valence electrons. The number of furan rings is 1. The van der Waals surface area contributed by atoms with Gasteiger partial charge >= 0.3 is 6.18 Å². The lowest BCUT2D eigenvalue weighted by Crippen LogP contribution is -2.50. The van der Waals surface area contributed by atoms with Gasteiger partial charge in [-0.3, -0.25) is 9.59 Å². The van der Waals surface area contributed by atoms with Crippen LogP contribution in [0.3, 0.4) is 0 Å². The van der Waals surface area contributed by atoms with E-state index in [0.717, 1.165) is 28.6 Å². The van der Waals surface area contributed by atoms with Crippen LogP contribution in [0.5, 0.6) is 0 Å². The summed E-state index contributed by atoms with van der Waals surface area (Å²) in [6, 6.07) is 11.1. The second-order valence-electron chi connectivity index (χ2n) is 7.65. The summed E-state index contributed by atoms with van der Waals surface area (Å²) in [6.45, 7) is 0.315. The summed E-state index contributed by atoms with van der Waals surface area (Å²) in [5, 5.41) is 0. The van der Waals surface area contributed by atoms with Crippen LogP contribution in [0.4, 0.5) is 13.2 Å². The number of hydrogen-bond acceptors (Lipinski definition) is 5. The van der Waals surface area contributed by atoms with Gasteiger partial charge in [-0.25, -0.2) is 8.42 Å². The fourth-order valence-electron chi connectivity index (χ4n) is 3.59. The van der Waals surface area contributed by atoms with Crippen molar-refractivity contribution in [3.8, 4) is 0 Å². The topological polar surface area (TPSA) is 92.8 Å². The van der Waals surface area contributed by atoms with Crippen molar-refractivity contribution < 1.29 is 30.8 Å².